The molecule has 0 bridgehead atoms. The molecule has 3 heteroatoms. The highest BCUT2D eigenvalue weighted by Gasteiger charge is 2.49. The predicted octanol–water partition coefficient (Wildman–Crippen LogP) is 3.29. The van der Waals surface area contributed by atoms with Crippen molar-refractivity contribution < 1.29 is 14.6 Å². The molecule has 15 heavy (non-hydrogen) atoms. The summed E-state index contributed by atoms with van der Waals surface area (Å²) in [5.74, 6) is -0.970. The van der Waals surface area contributed by atoms with Crippen LogP contribution in [-0.4, -0.2) is 12.1 Å². The molecule has 0 aliphatic carbocycles. The fourth-order valence-electron chi connectivity index (χ4n) is 1.71. The van der Waals surface area contributed by atoms with E-state index in [9.17, 15) is 4.79 Å². The fourth-order valence-corrected chi connectivity index (χ4v) is 1.71. The Morgan fingerprint density at radius 1 is 0.933 bits per heavy atom. The Morgan fingerprint density at radius 3 is 1.93 bits per heavy atom. The van der Waals surface area contributed by atoms with Gasteiger partial charge < -0.3 is 0 Å². The molecule has 1 aliphatic heterocycles. The van der Waals surface area contributed by atoms with Crippen LogP contribution in [0.5, 0.6) is 0 Å². The normalized spacial score (nSPS) is 17.7. The van der Waals surface area contributed by atoms with E-state index in [1.807, 2.05) is 0 Å². The molecule has 0 spiro atoms. The van der Waals surface area contributed by atoms with Crippen LogP contribution >= 0.6 is 0 Å². The Balaban J connectivity index is 1.79. The van der Waals surface area contributed by atoms with Crippen molar-refractivity contribution in [3.05, 3.63) is 0 Å². The summed E-state index contributed by atoms with van der Waals surface area (Å²) in [6.45, 7) is 2.23. The van der Waals surface area contributed by atoms with E-state index in [2.05, 4.69) is 16.7 Å². The van der Waals surface area contributed by atoms with Gasteiger partial charge in [0.1, 0.15) is 0 Å². The van der Waals surface area contributed by atoms with Crippen LogP contribution in [0.4, 0.5) is 0 Å². The summed E-state index contributed by atoms with van der Waals surface area (Å²) in [6, 6.07) is 0. The van der Waals surface area contributed by atoms with Gasteiger partial charge in [0.25, 0.3) is 12.1 Å². The van der Waals surface area contributed by atoms with Crippen molar-refractivity contribution in [1.29, 1.82) is 0 Å². The molecular formula is C12H21O3. The molecule has 87 valence electrons. The lowest BCUT2D eigenvalue weighted by Crippen LogP contribution is -2.11. The fraction of sp³-hybridized carbons (Fsp3) is 0.917. The summed E-state index contributed by atoms with van der Waals surface area (Å²) in [5, 5.41) is 0. The molecule has 0 aromatic rings. The van der Waals surface area contributed by atoms with Gasteiger partial charge in [-0.25, -0.2) is 0 Å². The highest BCUT2D eigenvalue weighted by atomic mass is 17.4. The van der Waals surface area contributed by atoms with Crippen molar-refractivity contribution >= 4 is 6.29 Å². The monoisotopic (exact) mass is 213 g/mol. The van der Waals surface area contributed by atoms with Crippen LogP contribution in [0, 0.1) is 0 Å². The second kappa shape index (κ2) is 6.96. The second-order valence-corrected chi connectivity index (χ2v) is 4.25. The average molecular weight is 213 g/mol. The Kier molecular flexibility index (Phi) is 5.88. The van der Waals surface area contributed by atoms with E-state index in [-0.39, 0.29) is 0 Å². The smallest absolute Gasteiger partial charge is 0.284 e. The Bertz CT molecular complexity index is 176. The van der Waals surface area contributed by atoms with Gasteiger partial charge in [0.05, 0.1) is 0 Å². The first-order valence-corrected chi connectivity index (χ1v) is 6.09. The van der Waals surface area contributed by atoms with Crippen molar-refractivity contribution in [1.82, 2.24) is 0 Å². The molecule has 1 fully saturated rings. The topological polar surface area (TPSA) is 42.1 Å². The van der Waals surface area contributed by atoms with E-state index in [1.54, 1.807) is 6.29 Å². The molecule has 0 saturated carbocycles. The summed E-state index contributed by atoms with van der Waals surface area (Å²) in [4.78, 5) is 19.5. The summed E-state index contributed by atoms with van der Waals surface area (Å²) in [5.41, 5.74) is 0. The van der Waals surface area contributed by atoms with Crippen molar-refractivity contribution in [3.8, 4) is 0 Å². The van der Waals surface area contributed by atoms with Crippen LogP contribution in [-0.2, 0) is 14.6 Å². The summed E-state index contributed by atoms with van der Waals surface area (Å²) in [7, 11) is 0. The molecule has 0 atom stereocenters. The van der Waals surface area contributed by atoms with E-state index in [0.29, 0.717) is 6.42 Å². The molecular weight excluding hydrogens is 192 g/mol. The zero-order valence-electron chi connectivity index (χ0n) is 9.59. The van der Waals surface area contributed by atoms with Gasteiger partial charge in [-0.05, 0) is 6.42 Å². The number of hydrogen-bond acceptors (Lipinski definition) is 3. The molecule has 0 unspecified atom stereocenters. The third kappa shape index (κ3) is 5.28. The van der Waals surface area contributed by atoms with E-state index in [1.165, 1.54) is 38.5 Å². The summed E-state index contributed by atoms with van der Waals surface area (Å²) in [6.07, 6.45) is 12.5. The molecule has 0 aromatic heterocycles. The average Bonchev–Trinajstić information content (AvgIpc) is 3.03. The van der Waals surface area contributed by atoms with Crippen molar-refractivity contribution in [2.75, 3.05) is 0 Å². The SMILES string of the molecule is CCCCCCCCCCC1([C]=O)OO1. The molecule has 0 amide bonds. The van der Waals surface area contributed by atoms with Gasteiger partial charge >= 0.3 is 0 Å². The minimum Gasteiger partial charge on any atom is -0.284 e. The number of rotatable bonds is 10. The number of carbonyl (C=O) groups excluding carboxylic acids is 1. The first-order valence-electron chi connectivity index (χ1n) is 6.09. The van der Waals surface area contributed by atoms with Crippen LogP contribution in [0.15, 0.2) is 0 Å². The molecule has 1 radical (unpaired) electrons. The first-order chi connectivity index (χ1) is 7.33. The summed E-state index contributed by atoms with van der Waals surface area (Å²) < 4.78 is 0. The maximum atomic E-state index is 10.4. The number of unbranched alkanes of at least 4 members (excludes halogenated alkanes) is 7. The zero-order chi connectivity index (χ0) is 11.0. The van der Waals surface area contributed by atoms with Gasteiger partial charge in [-0.2, -0.15) is 9.78 Å². The first kappa shape index (κ1) is 12.7. The van der Waals surface area contributed by atoms with Crippen LogP contribution in [0.25, 0.3) is 0 Å². The van der Waals surface area contributed by atoms with Crippen LogP contribution in [0.1, 0.15) is 64.7 Å². The number of hydrogen-bond donors (Lipinski definition) is 0. The molecule has 0 N–H and O–H groups in total. The highest BCUT2D eigenvalue weighted by molar-refractivity contribution is 5.62. The van der Waals surface area contributed by atoms with Gasteiger partial charge in [0.15, 0.2) is 0 Å². The Morgan fingerprint density at radius 2 is 1.47 bits per heavy atom. The largest absolute Gasteiger partial charge is 0.299 e. The maximum absolute atomic E-state index is 10.4. The van der Waals surface area contributed by atoms with Crippen LogP contribution < -0.4 is 0 Å². The third-order valence-corrected chi connectivity index (χ3v) is 2.80. The van der Waals surface area contributed by atoms with E-state index in [0.717, 1.165) is 12.8 Å². The van der Waals surface area contributed by atoms with E-state index >= 15 is 0 Å². The molecule has 1 heterocycles. The standard InChI is InChI=1S/C12H21O3/c1-2-3-4-5-6-7-8-9-10-12(11-13)14-15-12/h2-10H2,1H3. The van der Waals surface area contributed by atoms with Crippen molar-refractivity contribution in [3.63, 3.8) is 0 Å². The van der Waals surface area contributed by atoms with Gasteiger partial charge in [0, 0.05) is 6.42 Å². The quantitative estimate of drug-likeness (QED) is 0.318. The Labute approximate surface area is 92.1 Å². The van der Waals surface area contributed by atoms with Crippen LogP contribution in [0.2, 0.25) is 0 Å². The van der Waals surface area contributed by atoms with Gasteiger partial charge in [-0.1, -0.05) is 51.9 Å². The molecule has 1 aliphatic rings. The van der Waals surface area contributed by atoms with Gasteiger partial charge in [-0.3, -0.25) is 4.79 Å². The van der Waals surface area contributed by atoms with Gasteiger partial charge in [0.2, 0.25) is 0 Å². The third-order valence-electron chi connectivity index (χ3n) is 2.80. The minimum absolute atomic E-state index is 0.658. The van der Waals surface area contributed by atoms with E-state index < -0.39 is 5.79 Å². The molecule has 1 saturated heterocycles. The van der Waals surface area contributed by atoms with Crippen LogP contribution in [0.3, 0.4) is 0 Å². The Hall–Kier alpha value is -0.410. The summed E-state index contributed by atoms with van der Waals surface area (Å²) >= 11 is 0. The molecule has 1 rings (SSSR count). The molecule has 3 nitrogen and oxygen atoms in total. The zero-order valence-corrected chi connectivity index (χ0v) is 9.59. The lowest BCUT2D eigenvalue weighted by atomic mass is 10.1. The highest BCUT2D eigenvalue weighted by Crippen LogP contribution is 2.32. The van der Waals surface area contributed by atoms with E-state index in [4.69, 9.17) is 0 Å². The van der Waals surface area contributed by atoms with Crippen molar-refractivity contribution in [2.24, 2.45) is 0 Å². The predicted molar refractivity (Wildman–Crippen MR) is 57.8 cm³/mol. The van der Waals surface area contributed by atoms with Crippen molar-refractivity contribution in [2.45, 2.75) is 70.5 Å². The molecule has 0 aromatic carbocycles. The lowest BCUT2D eigenvalue weighted by Gasteiger charge is -2.01. The maximum Gasteiger partial charge on any atom is 0.299 e. The van der Waals surface area contributed by atoms with Gasteiger partial charge in [-0.15, -0.1) is 0 Å². The minimum atomic E-state index is -0.970. The lowest BCUT2D eigenvalue weighted by molar-refractivity contribution is 0.0850. The second-order valence-electron chi connectivity index (χ2n) is 4.25.